The van der Waals surface area contributed by atoms with E-state index in [1.54, 1.807) is 5.57 Å². The van der Waals surface area contributed by atoms with Gasteiger partial charge in [-0.25, -0.2) is 0 Å². The van der Waals surface area contributed by atoms with Gasteiger partial charge in [0.05, 0.1) is 0 Å². The van der Waals surface area contributed by atoms with Gasteiger partial charge in [0, 0.05) is 6.04 Å². The average Bonchev–Trinajstić information content (AvgIpc) is 3.06. The molecule has 4 rings (SSSR count). The van der Waals surface area contributed by atoms with Crippen LogP contribution in [0.4, 0.5) is 0 Å². The van der Waals surface area contributed by atoms with E-state index in [4.69, 9.17) is 5.73 Å². The third-order valence-corrected chi connectivity index (χ3v) is 11.4. The Bertz CT molecular complexity index is 634. The Morgan fingerprint density at radius 3 is 2.47 bits per heavy atom. The highest BCUT2D eigenvalue weighted by atomic mass is 14.7. The Hall–Kier alpha value is -0.300. The van der Waals surface area contributed by atoms with Gasteiger partial charge in [-0.1, -0.05) is 66.0 Å². The number of fused-ring (bicyclic) bond motifs is 5. The van der Waals surface area contributed by atoms with Crippen LogP contribution in [-0.4, -0.2) is 6.04 Å². The number of nitrogens with two attached hydrogens (primary N) is 1. The Labute approximate surface area is 188 Å². The summed E-state index contributed by atoms with van der Waals surface area (Å²) >= 11 is 0. The summed E-state index contributed by atoms with van der Waals surface area (Å²) in [6, 6.07) is 0.421. The van der Waals surface area contributed by atoms with Gasteiger partial charge < -0.3 is 5.73 Å². The van der Waals surface area contributed by atoms with Gasteiger partial charge in [0.15, 0.2) is 0 Å². The standard InChI is InChI=1S/C29H51N/c1-7-21(19(2)3)9-8-20(4)25-12-13-26-24-11-10-22-18-23(30)14-16-28(22,5)27(24)15-17-29(25,26)6/h10,19-21,23-27H,7-9,11-18,30H2,1-6H3/t20-,21-,23+,24+,25?,26+,27?,28?,29?/m1/s1. The quantitative estimate of drug-likeness (QED) is 0.439. The summed E-state index contributed by atoms with van der Waals surface area (Å²) in [5.74, 6) is 6.49. The van der Waals surface area contributed by atoms with Gasteiger partial charge in [-0.2, -0.15) is 0 Å². The molecule has 2 N–H and O–H groups in total. The predicted octanol–water partition coefficient (Wildman–Crippen LogP) is 7.99. The van der Waals surface area contributed by atoms with Crippen molar-refractivity contribution in [3.8, 4) is 0 Å². The second kappa shape index (κ2) is 8.57. The molecule has 1 nitrogen and oxygen atoms in total. The maximum Gasteiger partial charge on any atom is 0.00766 e. The van der Waals surface area contributed by atoms with Crippen LogP contribution in [-0.2, 0) is 0 Å². The number of allylic oxidation sites excluding steroid dienone is 1. The summed E-state index contributed by atoms with van der Waals surface area (Å²) in [6.07, 6.45) is 18.0. The van der Waals surface area contributed by atoms with Gasteiger partial charge in [-0.3, -0.25) is 0 Å². The molecule has 4 aliphatic rings. The van der Waals surface area contributed by atoms with Crippen molar-refractivity contribution in [3.05, 3.63) is 11.6 Å². The number of hydrogen-bond acceptors (Lipinski definition) is 1. The van der Waals surface area contributed by atoms with Crippen molar-refractivity contribution < 1.29 is 0 Å². The zero-order valence-corrected chi connectivity index (χ0v) is 21.1. The molecular formula is C29H51N. The third-order valence-electron chi connectivity index (χ3n) is 11.4. The molecule has 4 unspecified atom stereocenters. The van der Waals surface area contributed by atoms with E-state index in [-0.39, 0.29) is 0 Å². The van der Waals surface area contributed by atoms with Crippen molar-refractivity contribution >= 4 is 0 Å². The molecule has 0 spiro atoms. The Morgan fingerprint density at radius 2 is 1.77 bits per heavy atom. The Kier molecular flexibility index (Phi) is 6.53. The van der Waals surface area contributed by atoms with E-state index in [2.05, 4.69) is 47.6 Å². The molecule has 0 radical (unpaired) electrons. The molecule has 0 aromatic rings. The van der Waals surface area contributed by atoms with E-state index >= 15 is 0 Å². The van der Waals surface area contributed by atoms with Gasteiger partial charge in [-0.15, -0.1) is 0 Å². The summed E-state index contributed by atoms with van der Waals surface area (Å²) < 4.78 is 0. The van der Waals surface area contributed by atoms with Crippen LogP contribution in [0.25, 0.3) is 0 Å². The molecule has 0 aromatic carbocycles. The minimum atomic E-state index is 0.421. The van der Waals surface area contributed by atoms with E-state index in [0.717, 1.165) is 41.4 Å². The van der Waals surface area contributed by atoms with Crippen LogP contribution in [0.2, 0.25) is 0 Å². The summed E-state index contributed by atoms with van der Waals surface area (Å²) in [4.78, 5) is 0. The van der Waals surface area contributed by atoms with Crippen molar-refractivity contribution in [3.63, 3.8) is 0 Å². The van der Waals surface area contributed by atoms with Crippen LogP contribution in [0.15, 0.2) is 11.6 Å². The van der Waals surface area contributed by atoms with Gasteiger partial charge in [-0.05, 0) is 110 Å². The SMILES string of the molecule is CC[C@H](CC[C@@H](C)C1CC[C@H]2[C@@H]3CC=C4C[C@@H](N)CCC4(C)C3CCC12C)C(C)C. The lowest BCUT2D eigenvalue weighted by molar-refractivity contribution is -0.0511. The van der Waals surface area contributed by atoms with E-state index in [1.165, 1.54) is 70.6 Å². The van der Waals surface area contributed by atoms with E-state index in [1.807, 2.05) is 0 Å². The first kappa shape index (κ1) is 22.9. The second-order valence-electron chi connectivity index (χ2n) is 13.0. The zero-order chi connectivity index (χ0) is 21.7. The molecule has 0 saturated heterocycles. The average molecular weight is 414 g/mol. The summed E-state index contributed by atoms with van der Waals surface area (Å²) in [5.41, 5.74) is 9.18. The lowest BCUT2D eigenvalue weighted by Gasteiger charge is -2.58. The minimum absolute atomic E-state index is 0.421. The highest BCUT2D eigenvalue weighted by molar-refractivity contribution is 5.25. The monoisotopic (exact) mass is 413 g/mol. The molecule has 0 amide bonds. The minimum Gasteiger partial charge on any atom is -0.327 e. The maximum absolute atomic E-state index is 6.36. The predicted molar refractivity (Wildman–Crippen MR) is 130 cm³/mol. The smallest absolute Gasteiger partial charge is 0.00766 e. The summed E-state index contributed by atoms with van der Waals surface area (Å²) in [7, 11) is 0. The fraction of sp³-hybridized carbons (Fsp3) is 0.931. The number of hydrogen-bond donors (Lipinski definition) is 1. The van der Waals surface area contributed by atoms with Crippen molar-refractivity contribution in [1.29, 1.82) is 0 Å². The van der Waals surface area contributed by atoms with Gasteiger partial charge in [0.1, 0.15) is 0 Å². The fourth-order valence-electron chi connectivity index (χ4n) is 9.35. The Morgan fingerprint density at radius 1 is 1.00 bits per heavy atom. The van der Waals surface area contributed by atoms with E-state index in [9.17, 15) is 0 Å². The molecule has 3 fully saturated rings. The fourth-order valence-corrected chi connectivity index (χ4v) is 9.35. The second-order valence-corrected chi connectivity index (χ2v) is 13.0. The topological polar surface area (TPSA) is 26.0 Å². The molecule has 0 heterocycles. The molecule has 4 aliphatic carbocycles. The molecule has 1 heteroatoms. The normalized spacial score (nSPS) is 45.3. The molecule has 0 aliphatic heterocycles. The molecule has 172 valence electrons. The third kappa shape index (κ3) is 3.74. The summed E-state index contributed by atoms with van der Waals surface area (Å²) in [6.45, 7) is 15.2. The van der Waals surface area contributed by atoms with Crippen molar-refractivity contribution in [2.75, 3.05) is 0 Å². The maximum atomic E-state index is 6.36. The lowest BCUT2D eigenvalue weighted by atomic mass is 9.47. The van der Waals surface area contributed by atoms with Crippen LogP contribution in [0.5, 0.6) is 0 Å². The van der Waals surface area contributed by atoms with Crippen LogP contribution in [0.1, 0.15) is 112 Å². The molecule has 0 aromatic heterocycles. The molecular weight excluding hydrogens is 362 g/mol. The lowest BCUT2D eigenvalue weighted by Crippen LogP contribution is -2.51. The molecule has 30 heavy (non-hydrogen) atoms. The first-order chi connectivity index (χ1) is 14.2. The first-order valence-corrected chi connectivity index (χ1v) is 13.7. The summed E-state index contributed by atoms with van der Waals surface area (Å²) in [5, 5.41) is 0. The molecule has 9 atom stereocenters. The highest BCUT2D eigenvalue weighted by Crippen LogP contribution is 2.67. The van der Waals surface area contributed by atoms with Crippen molar-refractivity contribution in [1.82, 2.24) is 0 Å². The van der Waals surface area contributed by atoms with E-state index in [0.29, 0.717) is 16.9 Å². The van der Waals surface area contributed by atoms with Crippen LogP contribution in [0.3, 0.4) is 0 Å². The molecule has 0 bridgehead atoms. The van der Waals surface area contributed by atoms with Crippen LogP contribution in [0, 0.1) is 52.3 Å². The Balaban J connectivity index is 1.47. The van der Waals surface area contributed by atoms with Crippen molar-refractivity contribution in [2.24, 2.45) is 58.0 Å². The van der Waals surface area contributed by atoms with Gasteiger partial charge >= 0.3 is 0 Å². The van der Waals surface area contributed by atoms with E-state index < -0.39 is 0 Å². The van der Waals surface area contributed by atoms with Gasteiger partial charge in [0.25, 0.3) is 0 Å². The highest BCUT2D eigenvalue weighted by Gasteiger charge is 2.58. The molecule has 3 saturated carbocycles. The number of rotatable bonds is 6. The van der Waals surface area contributed by atoms with Crippen LogP contribution < -0.4 is 5.73 Å². The largest absolute Gasteiger partial charge is 0.327 e. The van der Waals surface area contributed by atoms with Gasteiger partial charge in [0.2, 0.25) is 0 Å². The first-order valence-electron chi connectivity index (χ1n) is 13.7. The van der Waals surface area contributed by atoms with Crippen molar-refractivity contribution in [2.45, 2.75) is 118 Å². The van der Waals surface area contributed by atoms with Crippen LogP contribution >= 0.6 is 0 Å². The zero-order valence-electron chi connectivity index (χ0n) is 21.1.